The summed E-state index contributed by atoms with van der Waals surface area (Å²) in [6.07, 6.45) is 0. The molecule has 0 heterocycles. The summed E-state index contributed by atoms with van der Waals surface area (Å²) >= 11 is 0. The Kier molecular flexibility index (Phi) is 7.38. The van der Waals surface area contributed by atoms with Crippen LogP contribution in [0.4, 0.5) is 22.7 Å². The normalized spacial score (nSPS) is 10.2. The summed E-state index contributed by atoms with van der Waals surface area (Å²) in [4.78, 5) is 0. The van der Waals surface area contributed by atoms with Crippen LogP contribution in [0, 0.1) is 0 Å². The van der Waals surface area contributed by atoms with E-state index in [4.69, 9.17) is 28.4 Å². The molecular formula is C24H28N2O6. The van der Waals surface area contributed by atoms with Gasteiger partial charge in [-0.25, -0.2) is 0 Å². The van der Waals surface area contributed by atoms with Gasteiger partial charge in [0.1, 0.15) is 0 Å². The maximum atomic E-state index is 5.49. The second-order valence-electron chi connectivity index (χ2n) is 6.64. The van der Waals surface area contributed by atoms with E-state index in [9.17, 15) is 0 Å². The maximum Gasteiger partial charge on any atom is 0.162 e. The van der Waals surface area contributed by atoms with Crippen molar-refractivity contribution in [2.24, 2.45) is 0 Å². The van der Waals surface area contributed by atoms with Crippen molar-refractivity contribution in [3.05, 3.63) is 48.5 Å². The zero-order valence-electron chi connectivity index (χ0n) is 19.1. The van der Waals surface area contributed by atoms with Crippen molar-refractivity contribution in [3.63, 3.8) is 0 Å². The van der Waals surface area contributed by atoms with E-state index in [-0.39, 0.29) is 0 Å². The van der Waals surface area contributed by atoms with E-state index in [1.165, 1.54) is 0 Å². The lowest BCUT2D eigenvalue weighted by Gasteiger charge is -2.19. The zero-order valence-corrected chi connectivity index (χ0v) is 19.1. The molecule has 0 aromatic heterocycles. The molecule has 3 rings (SSSR count). The van der Waals surface area contributed by atoms with Crippen LogP contribution in [-0.2, 0) is 0 Å². The first-order valence-electron chi connectivity index (χ1n) is 9.81. The Morgan fingerprint density at radius 1 is 0.406 bits per heavy atom. The Labute approximate surface area is 188 Å². The molecule has 0 atom stereocenters. The number of rotatable bonds is 10. The Balaban J connectivity index is 2.02. The predicted molar refractivity (Wildman–Crippen MR) is 125 cm³/mol. The second kappa shape index (κ2) is 10.4. The lowest BCUT2D eigenvalue weighted by molar-refractivity contribution is 0.355. The van der Waals surface area contributed by atoms with E-state index in [2.05, 4.69) is 10.6 Å². The summed E-state index contributed by atoms with van der Waals surface area (Å²) in [5.41, 5.74) is 3.16. The summed E-state index contributed by atoms with van der Waals surface area (Å²) in [7, 11) is 9.60. The van der Waals surface area contributed by atoms with Gasteiger partial charge in [0.15, 0.2) is 34.5 Å². The van der Waals surface area contributed by atoms with E-state index < -0.39 is 0 Å². The van der Waals surface area contributed by atoms with Crippen molar-refractivity contribution in [1.82, 2.24) is 0 Å². The molecule has 0 saturated carbocycles. The topological polar surface area (TPSA) is 79.4 Å². The van der Waals surface area contributed by atoms with E-state index in [1.807, 2.05) is 48.5 Å². The highest BCUT2D eigenvalue weighted by atomic mass is 16.5. The first-order chi connectivity index (χ1) is 15.6. The second-order valence-corrected chi connectivity index (χ2v) is 6.64. The van der Waals surface area contributed by atoms with Crippen molar-refractivity contribution >= 4 is 22.7 Å². The summed E-state index contributed by atoms with van der Waals surface area (Å²) in [6.45, 7) is 0. The molecule has 0 aliphatic rings. The lowest BCUT2D eigenvalue weighted by atomic mass is 10.2. The van der Waals surface area contributed by atoms with E-state index in [0.717, 1.165) is 22.7 Å². The lowest BCUT2D eigenvalue weighted by Crippen LogP contribution is -2.01. The molecule has 3 aromatic carbocycles. The number of methoxy groups -OCH3 is 6. The molecule has 170 valence electrons. The van der Waals surface area contributed by atoms with Crippen LogP contribution in [0.1, 0.15) is 0 Å². The molecule has 0 saturated heterocycles. The highest BCUT2D eigenvalue weighted by molar-refractivity contribution is 5.82. The fraction of sp³-hybridized carbons (Fsp3) is 0.250. The molecule has 0 unspecified atom stereocenters. The minimum atomic E-state index is 0.591. The first-order valence-corrected chi connectivity index (χ1v) is 9.81. The SMILES string of the molecule is COc1ccc(Nc2cc(OC)c(OC)cc2Nc2ccc(OC)c(OC)c2)cc1OC. The van der Waals surface area contributed by atoms with Crippen LogP contribution in [0.2, 0.25) is 0 Å². The molecule has 0 amide bonds. The molecule has 0 spiro atoms. The fourth-order valence-corrected chi connectivity index (χ4v) is 3.22. The van der Waals surface area contributed by atoms with Crippen molar-refractivity contribution in [3.8, 4) is 34.5 Å². The van der Waals surface area contributed by atoms with Crippen molar-refractivity contribution < 1.29 is 28.4 Å². The molecule has 32 heavy (non-hydrogen) atoms. The largest absolute Gasteiger partial charge is 0.493 e. The van der Waals surface area contributed by atoms with Gasteiger partial charge in [-0.3, -0.25) is 0 Å². The molecule has 3 aromatic rings. The van der Waals surface area contributed by atoms with Crippen LogP contribution in [0.15, 0.2) is 48.5 Å². The number of anilines is 4. The summed E-state index contributed by atoms with van der Waals surface area (Å²) < 4.78 is 32.5. The fourth-order valence-electron chi connectivity index (χ4n) is 3.22. The maximum absolute atomic E-state index is 5.49. The standard InChI is InChI=1S/C24H28N2O6/c1-27-19-9-7-15(11-21(19)29-3)25-17-13-23(31-5)24(32-6)14-18(17)26-16-8-10-20(28-2)22(12-16)30-4/h7-14,25-26H,1-6H3. The molecule has 2 N–H and O–H groups in total. The molecule has 8 heteroatoms. The van der Waals surface area contributed by atoms with Crippen LogP contribution >= 0.6 is 0 Å². The van der Waals surface area contributed by atoms with Gasteiger partial charge in [-0.15, -0.1) is 0 Å². The van der Waals surface area contributed by atoms with Crippen LogP contribution < -0.4 is 39.1 Å². The Morgan fingerprint density at radius 3 is 1.03 bits per heavy atom. The van der Waals surface area contributed by atoms with Gasteiger partial charge in [-0.2, -0.15) is 0 Å². The van der Waals surface area contributed by atoms with Gasteiger partial charge >= 0.3 is 0 Å². The third kappa shape index (κ3) is 4.85. The average molecular weight is 440 g/mol. The number of benzene rings is 3. The molecule has 0 bridgehead atoms. The third-order valence-corrected chi connectivity index (χ3v) is 4.85. The van der Waals surface area contributed by atoms with Gasteiger partial charge in [0.05, 0.1) is 54.0 Å². The number of hydrogen-bond acceptors (Lipinski definition) is 8. The van der Waals surface area contributed by atoms with Gasteiger partial charge < -0.3 is 39.1 Å². The Morgan fingerprint density at radius 2 is 0.719 bits per heavy atom. The average Bonchev–Trinajstić information content (AvgIpc) is 2.84. The van der Waals surface area contributed by atoms with E-state index >= 15 is 0 Å². The predicted octanol–water partition coefficient (Wildman–Crippen LogP) is 5.23. The molecule has 0 fully saturated rings. The Hall–Kier alpha value is -3.94. The minimum absolute atomic E-state index is 0.591. The smallest absolute Gasteiger partial charge is 0.162 e. The van der Waals surface area contributed by atoms with Crippen LogP contribution in [-0.4, -0.2) is 42.7 Å². The summed E-state index contributed by atoms with van der Waals surface area (Å²) in [6, 6.07) is 14.9. The molecule has 0 aliphatic carbocycles. The van der Waals surface area contributed by atoms with Gasteiger partial charge in [0.25, 0.3) is 0 Å². The molecule has 8 nitrogen and oxygen atoms in total. The summed E-state index contributed by atoms with van der Waals surface area (Å²) in [5, 5.41) is 6.81. The van der Waals surface area contributed by atoms with Crippen molar-refractivity contribution in [1.29, 1.82) is 0 Å². The van der Waals surface area contributed by atoms with Crippen LogP contribution in [0.25, 0.3) is 0 Å². The number of hydrogen-bond donors (Lipinski definition) is 2. The highest BCUT2D eigenvalue weighted by Crippen LogP contribution is 2.41. The number of nitrogens with one attached hydrogen (secondary N) is 2. The van der Waals surface area contributed by atoms with Crippen LogP contribution in [0.5, 0.6) is 34.5 Å². The summed E-state index contributed by atoms with van der Waals surface area (Å²) in [5.74, 6) is 3.71. The molecular weight excluding hydrogens is 412 g/mol. The molecule has 0 radical (unpaired) electrons. The number of ether oxygens (including phenoxy) is 6. The first kappa shape index (κ1) is 22.7. The minimum Gasteiger partial charge on any atom is -0.493 e. The van der Waals surface area contributed by atoms with Gasteiger partial charge in [-0.05, 0) is 24.3 Å². The third-order valence-electron chi connectivity index (χ3n) is 4.85. The van der Waals surface area contributed by atoms with E-state index in [1.54, 1.807) is 42.7 Å². The van der Waals surface area contributed by atoms with Crippen LogP contribution in [0.3, 0.4) is 0 Å². The van der Waals surface area contributed by atoms with Crippen molar-refractivity contribution in [2.45, 2.75) is 0 Å². The van der Waals surface area contributed by atoms with Gasteiger partial charge in [0.2, 0.25) is 0 Å². The monoisotopic (exact) mass is 440 g/mol. The zero-order chi connectivity index (χ0) is 23.1. The quantitative estimate of drug-likeness (QED) is 0.444. The van der Waals surface area contributed by atoms with Gasteiger partial charge in [-0.1, -0.05) is 0 Å². The van der Waals surface area contributed by atoms with Crippen molar-refractivity contribution in [2.75, 3.05) is 53.3 Å². The van der Waals surface area contributed by atoms with Gasteiger partial charge in [0, 0.05) is 35.6 Å². The molecule has 0 aliphatic heterocycles. The highest BCUT2D eigenvalue weighted by Gasteiger charge is 2.14. The van der Waals surface area contributed by atoms with E-state index in [0.29, 0.717) is 34.5 Å². The Bertz CT molecular complexity index is 986.